The van der Waals surface area contributed by atoms with Gasteiger partial charge in [-0.1, -0.05) is 23.2 Å². The predicted octanol–water partition coefficient (Wildman–Crippen LogP) is 3.88. The Balaban J connectivity index is 2.22. The van der Waals surface area contributed by atoms with Gasteiger partial charge in [0.05, 0.1) is 17.2 Å². The highest BCUT2D eigenvalue weighted by molar-refractivity contribution is 7.14. The highest BCUT2D eigenvalue weighted by Crippen LogP contribution is 2.26. The fourth-order valence-corrected chi connectivity index (χ4v) is 2.62. The van der Waals surface area contributed by atoms with Gasteiger partial charge < -0.3 is 10.1 Å². The van der Waals surface area contributed by atoms with Crippen LogP contribution in [0.15, 0.2) is 23.6 Å². The van der Waals surface area contributed by atoms with E-state index < -0.39 is 11.9 Å². The van der Waals surface area contributed by atoms with Crippen LogP contribution in [0.2, 0.25) is 10.2 Å². The maximum atomic E-state index is 12.2. The van der Waals surface area contributed by atoms with Crippen LogP contribution in [0, 0.1) is 0 Å². The minimum Gasteiger partial charge on any atom is -0.462 e. The molecule has 0 radical (unpaired) electrons. The van der Waals surface area contributed by atoms with E-state index in [9.17, 15) is 9.59 Å². The Labute approximate surface area is 134 Å². The molecule has 0 unspecified atom stereocenters. The van der Waals surface area contributed by atoms with Gasteiger partial charge in [-0.3, -0.25) is 4.79 Å². The summed E-state index contributed by atoms with van der Waals surface area (Å²) >= 11 is 12.9. The summed E-state index contributed by atoms with van der Waals surface area (Å²) in [5.74, 6) is -1.05. The zero-order chi connectivity index (χ0) is 15.4. The molecule has 110 valence electrons. The monoisotopic (exact) mass is 344 g/mol. The second-order valence-electron chi connectivity index (χ2n) is 3.80. The van der Waals surface area contributed by atoms with Crippen LogP contribution in [-0.4, -0.2) is 23.5 Å². The molecule has 0 bridgehead atoms. The van der Waals surface area contributed by atoms with E-state index in [-0.39, 0.29) is 28.0 Å². The number of aromatic nitrogens is 1. The minimum atomic E-state index is -0.546. The van der Waals surface area contributed by atoms with Gasteiger partial charge in [-0.25, -0.2) is 9.78 Å². The van der Waals surface area contributed by atoms with E-state index in [1.807, 2.05) is 0 Å². The molecule has 0 aliphatic carbocycles. The first-order chi connectivity index (χ1) is 10.0. The summed E-state index contributed by atoms with van der Waals surface area (Å²) in [6, 6.07) is 4.54. The number of carbonyl (C=O) groups excluding carboxylic acids is 2. The molecule has 0 atom stereocenters. The largest absolute Gasteiger partial charge is 0.462 e. The smallest absolute Gasteiger partial charge is 0.341 e. The van der Waals surface area contributed by atoms with Gasteiger partial charge in [0.1, 0.15) is 15.8 Å². The van der Waals surface area contributed by atoms with Crippen LogP contribution in [0.5, 0.6) is 0 Å². The lowest BCUT2D eigenvalue weighted by atomic mass is 10.3. The summed E-state index contributed by atoms with van der Waals surface area (Å²) in [6.45, 7) is 1.96. The summed E-state index contributed by atoms with van der Waals surface area (Å²) in [5.41, 5.74) is 0.278. The maximum Gasteiger partial charge on any atom is 0.341 e. The van der Waals surface area contributed by atoms with Crippen LogP contribution in [0.3, 0.4) is 0 Å². The van der Waals surface area contributed by atoms with Crippen LogP contribution in [-0.2, 0) is 4.74 Å². The quantitative estimate of drug-likeness (QED) is 0.674. The van der Waals surface area contributed by atoms with Crippen molar-refractivity contribution in [2.75, 3.05) is 11.9 Å². The fourth-order valence-electron chi connectivity index (χ4n) is 1.52. The lowest BCUT2D eigenvalue weighted by molar-refractivity contribution is 0.0528. The van der Waals surface area contributed by atoms with Crippen molar-refractivity contribution in [2.24, 2.45) is 0 Å². The number of hydrogen-bond donors (Lipinski definition) is 1. The molecule has 0 spiro atoms. The Bertz CT molecular complexity index is 688. The number of thiophene rings is 1. The number of rotatable bonds is 4. The summed E-state index contributed by atoms with van der Waals surface area (Å²) < 4.78 is 4.91. The van der Waals surface area contributed by atoms with Gasteiger partial charge >= 0.3 is 5.97 Å². The number of halogens is 2. The van der Waals surface area contributed by atoms with E-state index in [0.717, 1.165) is 0 Å². The zero-order valence-electron chi connectivity index (χ0n) is 10.9. The topological polar surface area (TPSA) is 68.3 Å². The molecular weight excluding hydrogens is 335 g/mol. The molecule has 0 saturated heterocycles. The highest BCUT2D eigenvalue weighted by atomic mass is 35.5. The number of ether oxygens (including phenoxy) is 1. The average molecular weight is 345 g/mol. The van der Waals surface area contributed by atoms with E-state index in [1.54, 1.807) is 18.4 Å². The number of esters is 1. The molecule has 1 N–H and O–H groups in total. The SMILES string of the molecule is CCOC(=O)c1ccsc1NC(=O)c1nc(Cl)ccc1Cl. The number of nitrogens with one attached hydrogen (secondary N) is 1. The molecule has 2 aromatic rings. The van der Waals surface area contributed by atoms with Crippen LogP contribution in [0.25, 0.3) is 0 Å². The third-order valence-electron chi connectivity index (χ3n) is 2.41. The molecule has 0 aliphatic heterocycles. The molecule has 2 rings (SSSR count). The highest BCUT2D eigenvalue weighted by Gasteiger charge is 2.19. The lowest BCUT2D eigenvalue weighted by Gasteiger charge is -2.07. The lowest BCUT2D eigenvalue weighted by Crippen LogP contribution is -2.16. The first-order valence-corrected chi connectivity index (χ1v) is 7.54. The second-order valence-corrected chi connectivity index (χ2v) is 5.51. The van der Waals surface area contributed by atoms with Crippen LogP contribution in [0.4, 0.5) is 5.00 Å². The second kappa shape index (κ2) is 6.89. The summed E-state index contributed by atoms with van der Waals surface area (Å²) in [7, 11) is 0. The third-order valence-corrected chi connectivity index (χ3v) is 3.76. The van der Waals surface area contributed by atoms with E-state index in [2.05, 4.69) is 10.3 Å². The van der Waals surface area contributed by atoms with Gasteiger partial charge in [0, 0.05) is 0 Å². The molecule has 1 amide bonds. The van der Waals surface area contributed by atoms with Crippen LogP contribution in [0.1, 0.15) is 27.8 Å². The van der Waals surface area contributed by atoms with Crippen molar-refractivity contribution in [3.8, 4) is 0 Å². The third kappa shape index (κ3) is 3.72. The number of hydrogen-bond acceptors (Lipinski definition) is 5. The number of pyridine rings is 1. The number of amides is 1. The van der Waals surface area contributed by atoms with E-state index in [1.165, 1.54) is 23.5 Å². The maximum absolute atomic E-state index is 12.2. The van der Waals surface area contributed by atoms with Crippen LogP contribution >= 0.6 is 34.5 Å². The van der Waals surface area contributed by atoms with Crippen molar-refractivity contribution in [1.82, 2.24) is 4.98 Å². The van der Waals surface area contributed by atoms with Gasteiger partial charge in [-0.15, -0.1) is 11.3 Å². The summed E-state index contributed by atoms with van der Waals surface area (Å²) in [4.78, 5) is 27.8. The summed E-state index contributed by atoms with van der Waals surface area (Å²) in [6.07, 6.45) is 0. The van der Waals surface area contributed by atoms with Crippen LogP contribution < -0.4 is 5.32 Å². The Morgan fingerprint density at radius 2 is 2.10 bits per heavy atom. The average Bonchev–Trinajstić information content (AvgIpc) is 2.90. The van der Waals surface area contributed by atoms with Gasteiger partial charge in [0.25, 0.3) is 5.91 Å². The van der Waals surface area contributed by atoms with Crippen molar-refractivity contribution < 1.29 is 14.3 Å². The number of anilines is 1. The standard InChI is InChI=1S/C13H10Cl2N2O3S/c1-2-20-13(19)7-5-6-21-12(7)17-11(18)10-8(14)3-4-9(15)16-10/h3-6H,2H2,1H3,(H,17,18). The Morgan fingerprint density at radius 3 is 2.81 bits per heavy atom. The van der Waals surface area contributed by atoms with E-state index in [4.69, 9.17) is 27.9 Å². The Hall–Kier alpha value is -1.63. The molecule has 21 heavy (non-hydrogen) atoms. The number of carbonyl (C=O) groups is 2. The van der Waals surface area contributed by atoms with Gasteiger partial charge in [0.15, 0.2) is 0 Å². The van der Waals surface area contributed by atoms with Crippen molar-refractivity contribution in [3.63, 3.8) is 0 Å². The first kappa shape index (κ1) is 15.8. The van der Waals surface area contributed by atoms with Gasteiger partial charge in [-0.05, 0) is 30.5 Å². The predicted molar refractivity (Wildman–Crippen MR) is 82.5 cm³/mol. The zero-order valence-corrected chi connectivity index (χ0v) is 13.2. The number of nitrogens with zero attached hydrogens (tertiary/aromatic N) is 1. The Kier molecular flexibility index (Phi) is 5.17. The van der Waals surface area contributed by atoms with Crippen molar-refractivity contribution >= 4 is 51.4 Å². The molecule has 8 heteroatoms. The fraction of sp³-hybridized carbons (Fsp3) is 0.154. The van der Waals surface area contributed by atoms with Crippen molar-refractivity contribution in [3.05, 3.63) is 45.0 Å². The minimum absolute atomic E-state index is 0.00706. The normalized spacial score (nSPS) is 10.2. The molecule has 0 fully saturated rings. The van der Waals surface area contributed by atoms with Gasteiger partial charge in [0.2, 0.25) is 0 Å². The Morgan fingerprint density at radius 1 is 1.33 bits per heavy atom. The van der Waals surface area contributed by atoms with Crippen molar-refractivity contribution in [1.29, 1.82) is 0 Å². The van der Waals surface area contributed by atoms with E-state index >= 15 is 0 Å². The molecule has 0 saturated carbocycles. The molecule has 5 nitrogen and oxygen atoms in total. The molecule has 2 aromatic heterocycles. The van der Waals surface area contributed by atoms with Crippen molar-refractivity contribution in [2.45, 2.75) is 6.92 Å². The molecular formula is C13H10Cl2N2O3S. The molecule has 2 heterocycles. The van der Waals surface area contributed by atoms with E-state index in [0.29, 0.717) is 5.00 Å². The van der Waals surface area contributed by atoms with Gasteiger partial charge in [-0.2, -0.15) is 0 Å². The summed E-state index contributed by atoms with van der Waals surface area (Å²) in [5, 5.41) is 4.96. The first-order valence-electron chi connectivity index (χ1n) is 5.91. The molecule has 0 aromatic carbocycles. The molecule has 0 aliphatic rings.